The van der Waals surface area contributed by atoms with Crippen molar-refractivity contribution in [3.05, 3.63) is 16.4 Å². The number of rotatable bonds is 2. The molecule has 1 rings (SSSR count). The molecule has 1 aromatic heterocycles. The van der Waals surface area contributed by atoms with Gasteiger partial charge in [-0.2, -0.15) is 9.19 Å². The van der Waals surface area contributed by atoms with Gasteiger partial charge < -0.3 is 0 Å². The van der Waals surface area contributed by atoms with Gasteiger partial charge in [-0.1, -0.05) is 0 Å². The van der Waals surface area contributed by atoms with Crippen LogP contribution in [0.15, 0.2) is 10.7 Å². The lowest BCUT2D eigenvalue weighted by Crippen LogP contribution is -2.22. The van der Waals surface area contributed by atoms with Gasteiger partial charge in [0.25, 0.3) is 0 Å². The van der Waals surface area contributed by atoms with Gasteiger partial charge in [0, 0.05) is 14.1 Å². The quantitative estimate of drug-likeness (QED) is 0.785. The molecule has 0 aromatic carbocycles. The van der Waals surface area contributed by atoms with Crippen molar-refractivity contribution in [3.8, 4) is 0 Å². The standard InChI is InChI=1S/C6H10BrN3OS/c1-5-6(7)4-10(8-5)12(11)9(2)3/h4H,1-3H3. The molecule has 12 heavy (non-hydrogen) atoms. The monoisotopic (exact) mass is 251 g/mol. The highest BCUT2D eigenvalue weighted by Crippen LogP contribution is 2.13. The van der Waals surface area contributed by atoms with Crippen LogP contribution in [-0.4, -0.2) is 31.8 Å². The van der Waals surface area contributed by atoms with Crippen molar-refractivity contribution in [1.29, 1.82) is 0 Å². The van der Waals surface area contributed by atoms with Crippen LogP contribution in [0.3, 0.4) is 0 Å². The van der Waals surface area contributed by atoms with Crippen LogP contribution in [0.1, 0.15) is 5.69 Å². The SMILES string of the molecule is Cc1nn(S(=O)N(C)C)cc1Br. The predicted molar refractivity (Wildman–Crippen MR) is 51.9 cm³/mol. The summed E-state index contributed by atoms with van der Waals surface area (Å²) in [5, 5.41) is 4.06. The summed E-state index contributed by atoms with van der Waals surface area (Å²) in [6, 6.07) is 0. The first-order valence-electron chi connectivity index (χ1n) is 3.34. The van der Waals surface area contributed by atoms with Crippen LogP contribution in [0.2, 0.25) is 0 Å². The second-order valence-electron chi connectivity index (χ2n) is 2.51. The molecule has 4 nitrogen and oxygen atoms in total. The molecule has 1 unspecified atom stereocenters. The van der Waals surface area contributed by atoms with Crippen molar-refractivity contribution in [2.24, 2.45) is 0 Å². The third kappa shape index (κ3) is 1.94. The van der Waals surface area contributed by atoms with E-state index in [1.165, 1.54) is 4.09 Å². The minimum absolute atomic E-state index is 0.838. The molecule has 1 aromatic rings. The molecule has 0 spiro atoms. The van der Waals surface area contributed by atoms with Crippen LogP contribution < -0.4 is 0 Å². The average Bonchev–Trinajstić information content (AvgIpc) is 2.30. The summed E-state index contributed by atoms with van der Waals surface area (Å²) in [6.45, 7) is 1.85. The van der Waals surface area contributed by atoms with E-state index < -0.39 is 11.2 Å². The Labute approximate surface area is 82.4 Å². The number of nitrogens with zero attached hydrogens (tertiary/aromatic N) is 3. The zero-order valence-electron chi connectivity index (χ0n) is 7.11. The van der Waals surface area contributed by atoms with Gasteiger partial charge in [0.05, 0.1) is 16.4 Å². The van der Waals surface area contributed by atoms with Crippen LogP contribution in [-0.2, 0) is 11.2 Å². The Morgan fingerprint density at radius 2 is 2.25 bits per heavy atom. The first kappa shape index (κ1) is 9.88. The molecule has 0 amide bonds. The van der Waals surface area contributed by atoms with E-state index in [-0.39, 0.29) is 0 Å². The molecule has 1 atom stereocenters. The fourth-order valence-electron chi connectivity index (χ4n) is 0.662. The zero-order chi connectivity index (χ0) is 9.30. The van der Waals surface area contributed by atoms with Gasteiger partial charge >= 0.3 is 0 Å². The van der Waals surface area contributed by atoms with Gasteiger partial charge in [0.1, 0.15) is 0 Å². The van der Waals surface area contributed by atoms with Gasteiger partial charge in [-0.25, -0.2) is 8.51 Å². The molecule has 0 aliphatic rings. The molecule has 0 N–H and O–H groups in total. The Bertz CT molecular complexity index is 290. The number of aromatic nitrogens is 2. The van der Waals surface area contributed by atoms with Crippen molar-refractivity contribution < 1.29 is 4.21 Å². The summed E-state index contributed by atoms with van der Waals surface area (Å²) in [6.07, 6.45) is 1.70. The van der Waals surface area contributed by atoms with Crippen LogP contribution in [0.4, 0.5) is 0 Å². The fraction of sp³-hybridized carbons (Fsp3) is 0.500. The van der Waals surface area contributed by atoms with Crippen molar-refractivity contribution in [2.75, 3.05) is 14.1 Å². The van der Waals surface area contributed by atoms with Crippen LogP contribution in [0.5, 0.6) is 0 Å². The Kier molecular flexibility index (Phi) is 3.03. The molecule has 68 valence electrons. The lowest BCUT2D eigenvalue weighted by molar-refractivity contribution is 0.586. The highest BCUT2D eigenvalue weighted by Gasteiger charge is 2.08. The highest BCUT2D eigenvalue weighted by atomic mass is 79.9. The average molecular weight is 252 g/mol. The number of halogens is 1. The lowest BCUT2D eigenvalue weighted by atomic mass is 10.5. The normalized spacial score (nSPS) is 13.8. The molecule has 0 bridgehead atoms. The highest BCUT2D eigenvalue weighted by molar-refractivity contribution is 9.10. The second-order valence-corrected chi connectivity index (χ2v) is 4.93. The number of aryl methyl sites for hydroxylation is 1. The van der Waals surface area contributed by atoms with Crippen molar-refractivity contribution in [3.63, 3.8) is 0 Å². The summed E-state index contributed by atoms with van der Waals surface area (Å²) in [5.41, 5.74) is 0.838. The Balaban J connectivity index is 2.97. The maximum absolute atomic E-state index is 11.4. The Morgan fingerprint density at radius 3 is 2.58 bits per heavy atom. The molecule has 0 radical (unpaired) electrons. The molecule has 0 fully saturated rings. The van der Waals surface area contributed by atoms with Gasteiger partial charge in [-0.3, -0.25) is 0 Å². The summed E-state index contributed by atoms with van der Waals surface area (Å²) >= 11 is 2.08. The minimum Gasteiger partial charge on any atom is -0.217 e. The van der Waals surface area contributed by atoms with E-state index >= 15 is 0 Å². The lowest BCUT2D eigenvalue weighted by Gasteiger charge is -2.07. The van der Waals surface area contributed by atoms with Crippen molar-refractivity contribution in [1.82, 2.24) is 13.5 Å². The maximum Gasteiger partial charge on any atom is 0.219 e. The predicted octanol–water partition coefficient (Wildman–Crippen LogP) is 0.942. The van der Waals surface area contributed by atoms with E-state index in [0.29, 0.717) is 0 Å². The van der Waals surface area contributed by atoms with E-state index in [2.05, 4.69) is 21.0 Å². The second kappa shape index (κ2) is 3.68. The van der Waals surface area contributed by atoms with Crippen LogP contribution in [0, 0.1) is 6.92 Å². The molecular weight excluding hydrogens is 242 g/mol. The van der Waals surface area contributed by atoms with Crippen molar-refractivity contribution in [2.45, 2.75) is 6.92 Å². The van der Waals surface area contributed by atoms with Crippen LogP contribution in [0.25, 0.3) is 0 Å². The minimum atomic E-state index is -1.22. The summed E-state index contributed by atoms with van der Waals surface area (Å²) < 4.78 is 15.3. The molecular formula is C6H10BrN3OS. The molecule has 0 saturated heterocycles. The van der Waals surface area contributed by atoms with E-state index in [0.717, 1.165) is 10.2 Å². The fourth-order valence-corrected chi connectivity index (χ4v) is 1.79. The molecule has 0 aliphatic carbocycles. The Morgan fingerprint density at radius 1 is 1.67 bits per heavy atom. The number of hydrogen-bond donors (Lipinski definition) is 0. The Hall–Kier alpha value is -0.200. The summed E-state index contributed by atoms with van der Waals surface area (Å²) in [7, 11) is 3.47. The maximum atomic E-state index is 11.4. The van der Waals surface area contributed by atoms with Gasteiger partial charge in [-0.05, 0) is 22.9 Å². The number of hydrogen-bond acceptors (Lipinski definition) is 2. The third-order valence-corrected chi connectivity index (χ3v) is 3.20. The first-order chi connectivity index (χ1) is 5.52. The van der Waals surface area contributed by atoms with Gasteiger partial charge in [0.2, 0.25) is 11.2 Å². The van der Waals surface area contributed by atoms with E-state index in [9.17, 15) is 4.21 Å². The smallest absolute Gasteiger partial charge is 0.217 e. The van der Waals surface area contributed by atoms with Crippen LogP contribution >= 0.6 is 15.9 Å². The van der Waals surface area contributed by atoms with E-state index in [1.54, 1.807) is 24.6 Å². The first-order valence-corrected chi connectivity index (χ1v) is 5.19. The molecule has 0 aliphatic heterocycles. The third-order valence-electron chi connectivity index (χ3n) is 1.29. The molecule has 6 heteroatoms. The summed E-state index contributed by atoms with van der Waals surface area (Å²) in [5.74, 6) is 0. The topological polar surface area (TPSA) is 38.1 Å². The molecule has 0 saturated carbocycles. The zero-order valence-corrected chi connectivity index (χ0v) is 9.52. The van der Waals surface area contributed by atoms with Gasteiger partial charge in [-0.15, -0.1) is 0 Å². The van der Waals surface area contributed by atoms with Crippen molar-refractivity contribution >= 4 is 27.1 Å². The van der Waals surface area contributed by atoms with Gasteiger partial charge in [0.15, 0.2) is 0 Å². The molecule has 1 heterocycles. The summed E-state index contributed by atoms with van der Waals surface area (Å²) in [4.78, 5) is 0. The van der Waals surface area contributed by atoms with E-state index in [1.807, 2.05) is 6.92 Å². The largest absolute Gasteiger partial charge is 0.219 e. The van der Waals surface area contributed by atoms with E-state index in [4.69, 9.17) is 0 Å².